The minimum absolute atomic E-state index is 0.000200. The van der Waals surface area contributed by atoms with Crippen LogP contribution in [0.25, 0.3) is 0 Å². The van der Waals surface area contributed by atoms with Crippen LogP contribution in [0, 0.1) is 6.92 Å². The second-order valence-corrected chi connectivity index (χ2v) is 9.60. The number of sulfone groups is 1. The van der Waals surface area contributed by atoms with E-state index in [1.54, 1.807) is 0 Å². The third-order valence-electron chi connectivity index (χ3n) is 4.22. The number of hydrogen-bond donors (Lipinski definition) is 0. The maximum atomic E-state index is 11.7. The Balaban J connectivity index is 2.10. The lowest BCUT2D eigenvalue weighted by Crippen LogP contribution is -2.41. The molecule has 0 N–H and O–H groups in total. The molecule has 1 aliphatic heterocycles. The minimum atomic E-state index is -2.94. The molecule has 1 aromatic heterocycles. The van der Waals surface area contributed by atoms with Crippen LogP contribution >= 0.6 is 0 Å². The van der Waals surface area contributed by atoms with Crippen molar-refractivity contribution in [2.75, 3.05) is 19.3 Å². The van der Waals surface area contributed by atoms with E-state index in [1.807, 2.05) is 6.92 Å². The summed E-state index contributed by atoms with van der Waals surface area (Å²) >= 11 is 0. The van der Waals surface area contributed by atoms with Gasteiger partial charge in [-0.25, -0.2) is 8.42 Å². The molecule has 1 aliphatic rings. The van der Waals surface area contributed by atoms with Crippen molar-refractivity contribution in [1.29, 1.82) is 0 Å². The van der Waals surface area contributed by atoms with Gasteiger partial charge in [-0.05, 0) is 32.4 Å². The zero-order chi connectivity index (χ0) is 15.8. The number of piperidine rings is 1. The lowest BCUT2D eigenvalue weighted by molar-refractivity contribution is 0.221. The van der Waals surface area contributed by atoms with E-state index in [1.165, 1.54) is 11.8 Å². The second-order valence-electron chi connectivity index (χ2n) is 7.27. The topological polar surface area (TPSA) is 50.5 Å². The molecule has 2 heterocycles. The Kier molecular flexibility index (Phi) is 4.54. The molecule has 0 radical (unpaired) electrons. The fourth-order valence-corrected chi connectivity index (χ4v) is 3.87. The molecule has 1 saturated heterocycles. The first-order valence-corrected chi connectivity index (χ1v) is 9.54. The largest absolute Gasteiger partial charge is 0.465 e. The first-order chi connectivity index (χ1) is 9.57. The molecule has 0 saturated carbocycles. The van der Waals surface area contributed by atoms with Crippen molar-refractivity contribution in [1.82, 2.24) is 4.90 Å². The van der Waals surface area contributed by atoms with Crippen LogP contribution in [0.2, 0.25) is 0 Å². The van der Waals surface area contributed by atoms with Crippen molar-refractivity contribution < 1.29 is 12.8 Å². The first-order valence-electron chi connectivity index (χ1n) is 7.58. The fraction of sp³-hybridized carbons (Fsp3) is 0.750. The molecule has 5 heteroatoms. The standard InChI is InChI=1S/C16H27NO3S/c1-12-13(9-15(20-12)16(2,3)4)10-17-8-6-7-14(11-17)21(5,18)19/h9,14H,6-8,10-11H2,1-5H3. The smallest absolute Gasteiger partial charge is 0.151 e. The molecule has 0 bridgehead atoms. The predicted octanol–water partition coefficient (Wildman–Crippen LogP) is 2.89. The third kappa shape index (κ3) is 4.10. The van der Waals surface area contributed by atoms with E-state index in [0.29, 0.717) is 6.54 Å². The van der Waals surface area contributed by atoms with Gasteiger partial charge in [0.25, 0.3) is 0 Å². The molecule has 0 aliphatic carbocycles. The minimum Gasteiger partial charge on any atom is -0.465 e. The summed E-state index contributed by atoms with van der Waals surface area (Å²) in [5.74, 6) is 1.94. The lowest BCUT2D eigenvalue weighted by atomic mass is 9.93. The Labute approximate surface area is 128 Å². The molecular weight excluding hydrogens is 286 g/mol. The fourth-order valence-electron chi connectivity index (χ4n) is 2.79. The summed E-state index contributed by atoms with van der Waals surface area (Å²) in [7, 11) is -2.94. The van der Waals surface area contributed by atoms with E-state index < -0.39 is 9.84 Å². The number of likely N-dealkylation sites (tertiary alicyclic amines) is 1. The average molecular weight is 313 g/mol. The van der Waals surface area contributed by atoms with Gasteiger partial charge in [0, 0.05) is 30.3 Å². The van der Waals surface area contributed by atoms with Crippen molar-refractivity contribution in [2.24, 2.45) is 0 Å². The molecule has 21 heavy (non-hydrogen) atoms. The summed E-state index contributed by atoms with van der Waals surface area (Å²) in [4.78, 5) is 2.24. The number of nitrogens with zero attached hydrogens (tertiary/aromatic N) is 1. The zero-order valence-corrected chi connectivity index (χ0v) is 14.6. The molecule has 120 valence electrons. The summed E-state index contributed by atoms with van der Waals surface area (Å²) < 4.78 is 29.4. The molecule has 1 aromatic rings. The highest BCUT2D eigenvalue weighted by molar-refractivity contribution is 7.91. The molecule has 1 atom stereocenters. The van der Waals surface area contributed by atoms with E-state index in [-0.39, 0.29) is 10.7 Å². The van der Waals surface area contributed by atoms with Gasteiger partial charge in [0.1, 0.15) is 11.5 Å². The summed E-state index contributed by atoms with van der Waals surface area (Å²) in [6.07, 6.45) is 3.08. The van der Waals surface area contributed by atoms with Crippen LogP contribution in [0.4, 0.5) is 0 Å². The van der Waals surface area contributed by atoms with Gasteiger partial charge in [0.15, 0.2) is 9.84 Å². The maximum absolute atomic E-state index is 11.7. The van der Waals surface area contributed by atoms with E-state index >= 15 is 0 Å². The van der Waals surface area contributed by atoms with Crippen molar-refractivity contribution in [3.05, 3.63) is 23.2 Å². The van der Waals surface area contributed by atoms with Gasteiger partial charge in [-0.1, -0.05) is 20.8 Å². The average Bonchev–Trinajstić information content (AvgIpc) is 2.70. The van der Waals surface area contributed by atoms with Crippen molar-refractivity contribution in [3.63, 3.8) is 0 Å². The maximum Gasteiger partial charge on any atom is 0.151 e. The van der Waals surface area contributed by atoms with Crippen LogP contribution < -0.4 is 0 Å². The predicted molar refractivity (Wildman–Crippen MR) is 85.3 cm³/mol. The van der Waals surface area contributed by atoms with Gasteiger partial charge < -0.3 is 4.42 Å². The van der Waals surface area contributed by atoms with Crippen LogP contribution in [0.5, 0.6) is 0 Å². The summed E-state index contributed by atoms with van der Waals surface area (Å²) in [5.41, 5.74) is 1.18. The highest BCUT2D eigenvalue weighted by atomic mass is 32.2. The molecule has 1 unspecified atom stereocenters. The monoisotopic (exact) mass is 313 g/mol. The number of hydrogen-bond acceptors (Lipinski definition) is 4. The van der Waals surface area contributed by atoms with Gasteiger partial charge in [0.05, 0.1) is 5.25 Å². The summed E-state index contributed by atoms with van der Waals surface area (Å²) in [6, 6.07) is 2.12. The molecule has 2 rings (SSSR count). The van der Waals surface area contributed by atoms with Crippen LogP contribution in [-0.4, -0.2) is 37.9 Å². The molecule has 0 spiro atoms. The van der Waals surface area contributed by atoms with E-state index in [4.69, 9.17) is 4.42 Å². The van der Waals surface area contributed by atoms with Crippen molar-refractivity contribution in [2.45, 2.75) is 57.7 Å². The quantitative estimate of drug-likeness (QED) is 0.861. The van der Waals surface area contributed by atoms with Gasteiger partial charge in [-0.3, -0.25) is 4.90 Å². The molecule has 0 aromatic carbocycles. The number of aryl methyl sites for hydroxylation is 1. The highest BCUT2D eigenvalue weighted by Gasteiger charge is 2.28. The Morgan fingerprint density at radius 3 is 2.57 bits per heavy atom. The van der Waals surface area contributed by atoms with Gasteiger partial charge >= 0.3 is 0 Å². The molecule has 1 fully saturated rings. The normalized spacial score (nSPS) is 21.7. The van der Waals surface area contributed by atoms with Crippen molar-refractivity contribution >= 4 is 9.84 Å². The lowest BCUT2D eigenvalue weighted by Gasteiger charge is -2.31. The third-order valence-corrected chi connectivity index (χ3v) is 5.82. The Hall–Kier alpha value is -0.810. The van der Waals surface area contributed by atoms with Gasteiger partial charge in [-0.2, -0.15) is 0 Å². The molecule has 4 nitrogen and oxygen atoms in total. The Bertz CT molecular complexity index is 596. The van der Waals surface area contributed by atoms with Gasteiger partial charge in [0.2, 0.25) is 0 Å². The van der Waals surface area contributed by atoms with E-state index in [2.05, 4.69) is 31.7 Å². The van der Waals surface area contributed by atoms with Crippen molar-refractivity contribution in [3.8, 4) is 0 Å². The highest BCUT2D eigenvalue weighted by Crippen LogP contribution is 2.28. The first kappa shape index (κ1) is 16.6. The number of furan rings is 1. The second kappa shape index (κ2) is 5.76. The SMILES string of the molecule is Cc1oc(C(C)(C)C)cc1CN1CCCC(S(C)(=O)=O)C1. The zero-order valence-electron chi connectivity index (χ0n) is 13.8. The van der Waals surface area contributed by atoms with E-state index in [0.717, 1.165) is 37.5 Å². The van der Waals surface area contributed by atoms with E-state index in [9.17, 15) is 8.42 Å². The van der Waals surface area contributed by atoms with Gasteiger partial charge in [-0.15, -0.1) is 0 Å². The van der Waals surface area contributed by atoms with Crippen LogP contribution in [0.3, 0.4) is 0 Å². The summed E-state index contributed by atoms with van der Waals surface area (Å²) in [6.45, 7) is 10.8. The molecule has 0 amide bonds. The van der Waals surface area contributed by atoms with Crippen LogP contribution in [-0.2, 0) is 21.8 Å². The Morgan fingerprint density at radius 2 is 2.05 bits per heavy atom. The molecular formula is C16H27NO3S. The Morgan fingerprint density at radius 1 is 1.38 bits per heavy atom. The number of rotatable bonds is 3. The summed E-state index contributed by atoms with van der Waals surface area (Å²) in [5, 5.41) is -0.222. The van der Waals surface area contributed by atoms with Crippen LogP contribution in [0.15, 0.2) is 10.5 Å². The van der Waals surface area contributed by atoms with Crippen LogP contribution in [0.1, 0.15) is 50.7 Å².